The summed E-state index contributed by atoms with van der Waals surface area (Å²) >= 11 is 0. The minimum atomic E-state index is -0.833. The molecule has 0 radical (unpaired) electrons. The standard InChI is InChI=1S/C2H7NO.C2H4O2/c3-1-2-4;1-2(3)4/h4H,1-3H2;1H3,(H,3,4). The molecule has 0 aliphatic heterocycles. The van der Waals surface area contributed by atoms with Crippen molar-refractivity contribution in [2.24, 2.45) is 5.73 Å². The largest absolute Gasteiger partial charge is 0.481 e. The Morgan fingerprint density at radius 2 is 1.88 bits per heavy atom. The van der Waals surface area contributed by atoms with Gasteiger partial charge < -0.3 is 15.9 Å². The molecule has 0 rings (SSSR count). The van der Waals surface area contributed by atoms with Gasteiger partial charge in [-0.1, -0.05) is 0 Å². The summed E-state index contributed by atoms with van der Waals surface area (Å²) in [6, 6.07) is 0. The van der Waals surface area contributed by atoms with E-state index in [0.29, 0.717) is 6.54 Å². The van der Waals surface area contributed by atoms with Crippen LogP contribution in [0.25, 0.3) is 0 Å². The Bertz CT molecular complexity index is 49.2. The van der Waals surface area contributed by atoms with Crippen molar-refractivity contribution < 1.29 is 15.0 Å². The van der Waals surface area contributed by atoms with Crippen LogP contribution < -0.4 is 5.73 Å². The first-order chi connectivity index (χ1) is 3.65. The first kappa shape index (κ1) is 10.4. The van der Waals surface area contributed by atoms with Gasteiger partial charge in [0.25, 0.3) is 5.97 Å². The van der Waals surface area contributed by atoms with Crippen LogP contribution in [-0.4, -0.2) is 29.3 Å². The van der Waals surface area contributed by atoms with Gasteiger partial charge in [0, 0.05) is 13.5 Å². The maximum absolute atomic E-state index is 9.00. The van der Waals surface area contributed by atoms with Crippen LogP contribution in [0.2, 0.25) is 0 Å². The second-order valence-electron chi connectivity index (χ2n) is 1.03. The van der Waals surface area contributed by atoms with Crippen molar-refractivity contribution >= 4 is 5.97 Å². The molecule has 4 N–H and O–H groups in total. The third-order valence-corrected chi connectivity index (χ3v) is 0.129. The second-order valence-corrected chi connectivity index (χ2v) is 1.03. The Balaban J connectivity index is 0. The highest BCUT2D eigenvalue weighted by Gasteiger charge is 1.65. The molecule has 8 heavy (non-hydrogen) atoms. The maximum atomic E-state index is 9.00. The summed E-state index contributed by atoms with van der Waals surface area (Å²) in [5.41, 5.74) is 4.78. The lowest BCUT2D eigenvalue weighted by Crippen LogP contribution is -2.02. The summed E-state index contributed by atoms with van der Waals surface area (Å²) in [6.45, 7) is 1.56. The average Bonchev–Trinajstić information content (AvgIpc) is 1.65. The van der Waals surface area contributed by atoms with Gasteiger partial charge in [0.2, 0.25) is 0 Å². The van der Waals surface area contributed by atoms with Gasteiger partial charge in [0.15, 0.2) is 0 Å². The molecule has 0 aromatic heterocycles. The van der Waals surface area contributed by atoms with Gasteiger partial charge in [0.1, 0.15) is 0 Å². The third-order valence-electron chi connectivity index (χ3n) is 0.129. The molecule has 0 saturated heterocycles. The zero-order valence-corrected chi connectivity index (χ0v) is 4.79. The number of carboxylic acid groups (broad SMARTS) is 1. The van der Waals surface area contributed by atoms with Crippen LogP contribution in [0.4, 0.5) is 0 Å². The van der Waals surface area contributed by atoms with E-state index in [-0.39, 0.29) is 6.61 Å². The van der Waals surface area contributed by atoms with E-state index >= 15 is 0 Å². The Morgan fingerprint density at radius 1 is 1.75 bits per heavy atom. The zero-order valence-electron chi connectivity index (χ0n) is 4.79. The average molecular weight is 121 g/mol. The molecule has 0 spiro atoms. The van der Waals surface area contributed by atoms with E-state index in [0.717, 1.165) is 6.92 Å². The first-order valence-electron chi connectivity index (χ1n) is 2.15. The molecule has 0 amide bonds. The molecule has 4 nitrogen and oxygen atoms in total. The Kier molecular flexibility index (Phi) is 12.5. The Morgan fingerprint density at radius 3 is 1.88 bits per heavy atom. The molecule has 0 aliphatic carbocycles. The van der Waals surface area contributed by atoms with E-state index in [1.165, 1.54) is 0 Å². The number of aliphatic carboxylic acids is 1. The highest BCUT2D eigenvalue weighted by atomic mass is 16.4. The molecule has 0 aromatic carbocycles. The van der Waals surface area contributed by atoms with Crippen molar-refractivity contribution in [1.29, 1.82) is 0 Å². The van der Waals surface area contributed by atoms with Crippen LogP contribution in [-0.2, 0) is 4.79 Å². The van der Waals surface area contributed by atoms with Crippen LogP contribution >= 0.6 is 0 Å². The summed E-state index contributed by atoms with van der Waals surface area (Å²) in [5, 5.41) is 15.2. The quantitative estimate of drug-likeness (QED) is 0.416. The van der Waals surface area contributed by atoms with Gasteiger partial charge in [-0.05, 0) is 0 Å². The van der Waals surface area contributed by atoms with Crippen molar-refractivity contribution in [1.82, 2.24) is 0 Å². The molecule has 0 fully saturated rings. The molecule has 0 aromatic rings. The second kappa shape index (κ2) is 9.63. The lowest BCUT2D eigenvalue weighted by atomic mass is 10.8. The number of nitrogens with two attached hydrogens (primary N) is 1. The predicted molar refractivity (Wildman–Crippen MR) is 29.4 cm³/mol. The van der Waals surface area contributed by atoms with Crippen molar-refractivity contribution in [2.45, 2.75) is 6.92 Å². The number of aliphatic hydroxyl groups excluding tert-OH is 1. The number of hydrogen-bond acceptors (Lipinski definition) is 3. The van der Waals surface area contributed by atoms with Crippen LogP contribution in [0, 0.1) is 0 Å². The number of hydrogen-bond donors (Lipinski definition) is 3. The molecule has 4 heteroatoms. The highest BCUT2D eigenvalue weighted by molar-refractivity contribution is 5.62. The molecule has 50 valence electrons. The number of carboxylic acids is 1. The molecule has 0 heterocycles. The Labute approximate surface area is 47.9 Å². The van der Waals surface area contributed by atoms with Crippen LogP contribution in [0.5, 0.6) is 0 Å². The molecular weight excluding hydrogens is 110 g/mol. The molecule has 0 aliphatic rings. The summed E-state index contributed by atoms with van der Waals surface area (Å²) < 4.78 is 0. The molecule has 0 bridgehead atoms. The van der Waals surface area contributed by atoms with Crippen molar-refractivity contribution in [3.8, 4) is 0 Å². The number of rotatable bonds is 1. The fourth-order valence-corrected chi connectivity index (χ4v) is 0. The van der Waals surface area contributed by atoms with Crippen LogP contribution in [0.3, 0.4) is 0 Å². The number of aliphatic hydroxyl groups is 1. The van der Waals surface area contributed by atoms with Crippen molar-refractivity contribution in [3.05, 3.63) is 0 Å². The van der Waals surface area contributed by atoms with Gasteiger partial charge in [-0.15, -0.1) is 0 Å². The third kappa shape index (κ3) is 683. The van der Waals surface area contributed by atoms with E-state index in [1.807, 2.05) is 0 Å². The fraction of sp³-hybridized carbons (Fsp3) is 0.750. The SMILES string of the molecule is CC(=O)O.NCCO. The molecular formula is C4H11NO3. The van der Waals surface area contributed by atoms with Gasteiger partial charge >= 0.3 is 0 Å². The molecule has 0 atom stereocenters. The van der Waals surface area contributed by atoms with E-state index < -0.39 is 5.97 Å². The topological polar surface area (TPSA) is 83.5 Å². The summed E-state index contributed by atoms with van der Waals surface area (Å²) in [6.07, 6.45) is 0. The van der Waals surface area contributed by atoms with Gasteiger partial charge in [-0.3, -0.25) is 4.79 Å². The summed E-state index contributed by atoms with van der Waals surface area (Å²) in [7, 11) is 0. The monoisotopic (exact) mass is 121 g/mol. The normalized spacial score (nSPS) is 6.88. The van der Waals surface area contributed by atoms with Gasteiger partial charge in [-0.2, -0.15) is 0 Å². The fourth-order valence-electron chi connectivity index (χ4n) is 0. The van der Waals surface area contributed by atoms with E-state index in [2.05, 4.69) is 0 Å². The minimum Gasteiger partial charge on any atom is -0.481 e. The van der Waals surface area contributed by atoms with E-state index in [4.69, 9.17) is 20.7 Å². The first-order valence-corrected chi connectivity index (χ1v) is 2.15. The molecule has 0 saturated carbocycles. The lowest BCUT2D eigenvalue weighted by Gasteiger charge is -1.71. The summed E-state index contributed by atoms with van der Waals surface area (Å²) in [4.78, 5) is 9.00. The van der Waals surface area contributed by atoms with Crippen LogP contribution in [0.15, 0.2) is 0 Å². The minimum absolute atomic E-state index is 0.0972. The van der Waals surface area contributed by atoms with Crippen LogP contribution in [0.1, 0.15) is 6.92 Å². The zero-order chi connectivity index (χ0) is 6.99. The van der Waals surface area contributed by atoms with E-state index in [1.54, 1.807) is 0 Å². The predicted octanol–water partition coefficient (Wildman–Crippen LogP) is -0.972. The maximum Gasteiger partial charge on any atom is 0.300 e. The Hall–Kier alpha value is -0.610. The molecule has 0 unspecified atom stereocenters. The van der Waals surface area contributed by atoms with Crippen molar-refractivity contribution in [3.63, 3.8) is 0 Å². The van der Waals surface area contributed by atoms with Gasteiger partial charge in [-0.25, -0.2) is 0 Å². The number of carbonyl (C=O) groups is 1. The van der Waals surface area contributed by atoms with E-state index in [9.17, 15) is 0 Å². The summed E-state index contributed by atoms with van der Waals surface area (Å²) in [5.74, 6) is -0.833. The highest BCUT2D eigenvalue weighted by Crippen LogP contribution is 1.42. The smallest absolute Gasteiger partial charge is 0.300 e. The lowest BCUT2D eigenvalue weighted by molar-refractivity contribution is -0.134. The van der Waals surface area contributed by atoms with Crippen molar-refractivity contribution in [2.75, 3.05) is 13.2 Å². The van der Waals surface area contributed by atoms with Gasteiger partial charge in [0.05, 0.1) is 6.61 Å².